The van der Waals surface area contributed by atoms with Gasteiger partial charge in [0.25, 0.3) is 0 Å². The number of allylic oxidation sites excluding steroid dienone is 1. The smallest absolute Gasteiger partial charge is 0.343 e. The molecule has 0 N–H and O–H groups in total. The maximum Gasteiger partial charge on any atom is 0.343 e. The van der Waals surface area contributed by atoms with Gasteiger partial charge in [-0.3, -0.25) is 4.79 Å². The van der Waals surface area contributed by atoms with E-state index in [4.69, 9.17) is 9.47 Å². The zero-order valence-electron chi connectivity index (χ0n) is 15.9. The Bertz CT molecular complexity index is 1160. The van der Waals surface area contributed by atoms with Crippen LogP contribution in [-0.4, -0.2) is 11.8 Å². The van der Waals surface area contributed by atoms with Gasteiger partial charge >= 0.3 is 5.97 Å². The van der Waals surface area contributed by atoms with Crippen LogP contribution in [0.2, 0.25) is 0 Å². The molecule has 144 valence electrons. The third-order valence-electron chi connectivity index (χ3n) is 4.77. The normalized spacial score (nSPS) is 13.9. The van der Waals surface area contributed by atoms with Crippen LogP contribution in [-0.2, 0) is 0 Å². The van der Waals surface area contributed by atoms with Crippen molar-refractivity contribution >= 4 is 33.8 Å². The van der Waals surface area contributed by atoms with Gasteiger partial charge in [-0.05, 0) is 61.4 Å². The lowest BCUT2D eigenvalue weighted by atomic mass is 10.1. The molecule has 0 fully saturated rings. The van der Waals surface area contributed by atoms with E-state index >= 15 is 0 Å². The fourth-order valence-electron chi connectivity index (χ4n) is 3.15. The zero-order valence-corrected chi connectivity index (χ0v) is 17.4. The van der Waals surface area contributed by atoms with Crippen molar-refractivity contribution in [2.24, 2.45) is 0 Å². The van der Waals surface area contributed by atoms with Crippen LogP contribution in [0.15, 0.2) is 70.9 Å². The number of halogens is 1. The standard InChI is InChI=1S/C24H17BrO4/c1-14-5-3-4-6-18(14)24(27)29-20-12-11-19-22(26)21(28-23(19)15(20)2)13-16-7-9-17(25)10-8-16/h3-13H,1-2H3/b21-13-. The maximum atomic E-state index is 12.7. The van der Waals surface area contributed by atoms with Crippen LogP contribution in [0.3, 0.4) is 0 Å². The second-order valence-electron chi connectivity index (χ2n) is 6.76. The van der Waals surface area contributed by atoms with Crippen molar-refractivity contribution in [2.45, 2.75) is 13.8 Å². The Balaban J connectivity index is 1.62. The number of hydrogen-bond acceptors (Lipinski definition) is 4. The minimum Gasteiger partial charge on any atom is -0.452 e. The molecule has 4 rings (SSSR count). The molecule has 5 heteroatoms. The Hall–Kier alpha value is -3.18. The predicted octanol–water partition coefficient (Wildman–Crippen LogP) is 5.90. The molecule has 0 amide bonds. The van der Waals surface area contributed by atoms with E-state index in [1.165, 1.54) is 0 Å². The summed E-state index contributed by atoms with van der Waals surface area (Å²) >= 11 is 3.39. The number of ketones is 1. The van der Waals surface area contributed by atoms with Crippen molar-refractivity contribution in [1.29, 1.82) is 0 Å². The highest BCUT2D eigenvalue weighted by Gasteiger charge is 2.30. The van der Waals surface area contributed by atoms with Crippen molar-refractivity contribution in [3.8, 4) is 11.5 Å². The van der Waals surface area contributed by atoms with Crippen LogP contribution in [0, 0.1) is 13.8 Å². The molecule has 4 nitrogen and oxygen atoms in total. The van der Waals surface area contributed by atoms with Gasteiger partial charge in [-0.15, -0.1) is 0 Å². The summed E-state index contributed by atoms with van der Waals surface area (Å²) in [6, 6.07) is 18.1. The predicted molar refractivity (Wildman–Crippen MR) is 114 cm³/mol. The van der Waals surface area contributed by atoms with Crippen molar-refractivity contribution in [3.05, 3.63) is 98.7 Å². The zero-order chi connectivity index (χ0) is 20.5. The van der Waals surface area contributed by atoms with Gasteiger partial charge in [0.05, 0.1) is 11.1 Å². The van der Waals surface area contributed by atoms with Crippen LogP contribution >= 0.6 is 15.9 Å². The Kier molecular flexibility index (Phi) is 5.07. The van der Waals surface area contributed by atoms with Crippen LogP contribution in [0.4, 0.5) is 0 Å². The summed E-state index contributed by atoms with van der Waals surface area (Å²) in [6.45, 7) is 3.63. The summed E-state index contributed by atoms with van der Waals surface area (Å²) in [5.74, 6) is 0.403. The topological polar surface area (TPSA) is 52.6 Å². The van der Waals surface area contributed by atoms with Gasteiger partial charge in [0, 0.05) is 10.0 Å². The van der Waals surface area contributed by atoms with Gasteiger partial charge in [0.1, 0.15) is 11.5 Å². The number of benzene rings is 3. The molecule has 3 aromatic carbocycles. The number of carbonyl (C=O) groups excluding carboxylic acids is 2. The van der Waals surface area contributed by atoms with E-state index in [0.29, 0.717) is 28.2 Å². The van der Waals surface area contributed by atoms with E-state index in [0.717, 1.165) is 15.6 Å². The molecule has 0 spiro atoms. The molecule has 0 aliphatic carbocycles. The van der Waals surface area contributed by atoms with Gasteiger partial charge in [-0.1, -0.05) is 46.3 Å². The van der Waals surface area contributed by atoms with Gasteiger partial charge in [-0.2, -0.15) is 0 Å². The van der Waals surface area contributed by atoms with E-state index in [-0.39, 0.29) is 11.5 Å². The lowest BCUT2D eigenvalue weighted by Gasteiger charge is -2.11. The number of fused-ring (bicyclic) bond motifs is 1. The molecule has 0 bridgehead atoms. The number of esters is 1. The molecule has 0 unspecified atom stereocenters. The molecule has 1 heterocycles. The fourth-order valence-corrected chi connectivity index (χ4v) is 3.41. The minimum atomic E-state index is -0.443. The average Bonchev–Trinajstić information content (AvgIpc) is 3.02. The first-order valence-electron chi connectivity index (χ1n) is 9.05. The minimum absolute atomic E-state index is 0.192. The molecular formula is C24H17BrO4. The highest BCUT2D eigenvalue weighted by molar-refractivity contribution is 9.10. The molecule has 0 saturated heterocycles. The fraction of sp³-hybridized carbons (Fsp3) is 0.0833. The van der Waals surface area contributed by atoms with Crippen LogP contribution in [0.5, 0.6) is 11.5 Å². The molecule has 0 atom stereocenters. The second kappa shape index (κ2) is 7.68. The lowest BCUT2D eigenvalue weighted by molar-refractivity contribution is 0.0732. The first kappa shape index (κ1) is 19.2. The summed E-state index contributed by atoms with van der Waals surface area (Å²) in [5, 5.41) is 0. The van der Waals surface area contributed by atoms with Gasteiger partial charge < -0.3 is 9.47 Å². The summed E-state index contributed by atoms with van der Waals surface area (Å²) < 4.78 is 12.4. The maximum absolute atomic E-state index is 12.7. The molecule has 29 heavy (non-hydrogen) atoms. The summed E-state index contributed by atoms with van der Waals surface area (Å²) in [4.78, 5) is 25.2. The van der Waals surface area contributed by atoms with Crippen molar-refractivity contribution in [1.82, 2.24) is 0 Å². The molecule has 0 radical (unpaired) electrons. The number of rotatable bonds is 3. The molecule has 0 saturated carbocycles. The highest BCUT2D eigenvalue weighted by atomic mass is 79.9. The number of aryl methyl sites for hydroxylation is 1. The second-order valence-corrected chi connectivity index (χ2v) is 7.68. The number of ether oxygens (including phenoxy) is 2. The summed E-state index contributed by atoms with van der Waals surface area (Å²) in [5.41, 5.74) is 3.26. The number of hydrogen-bond donors (Lipinski definition) is 0. The Morgan fingerprint density at radius 2 is 1.72 bits per heavy atom. The molecular weight excluding hydrogens is 432 g/mol. The van der Waals surface area contributed by atoms with E-state index in [2.05, 4.69) is 15.9 Å². The van der Waals surface area contributed by atoms with Crippen LogP contribution < -0.4 is 9.47 Å². The molecule has 1 aliphatic rings. The molecule has 0 aromatic heterocycles. The Morgan fingerprint density at radius 1 is 1.00 bits per heavy atom. The number of carbonyl (C=O) groups is 2. The first-order chi connectivity index (χ1) is 13.9. The van der Waals surface area contributed by atoms with E-state index in [1.807, 2.05) is 43.3 Å². The van der Waals surface area contributed by atoms with E-state index < -0.39 is 5.97 Å². The third kappa shape index (κ3) is 3.74. The van der Waals surface area contributed by atoms with Gasteiger partial charge in [-0.25, -0.2) is 4.79 Å². The monoisotopic (exact) mass is 448 g/mol. The average molecular weight is 449 g/mol. The Morgan fingerprint density at radius 3 is 2.45 bits per heavy atom. The number of Topliss-reactive ketones (excluding diaryl/α,β-unsaturated/α-hetero) is 1. The summed E-state index contributed by atoms with van der Waals surface area (Å²) in [6.07, 6.45) is 1.70. The van der Waals surface area contributed by atoms with Crippen molar-refractivity contribution in [2.75, 3.05) is 0 Å². The Labute approximate surface area is 176 Å². The SMILES string of the molecule is Cc1ccccc1C(=O)Oc1ccc2c(c1C)O/C(=C\c1ccc(Br)cc1)C2=O. The van der Waals surface area contributed by atoms with Crippen LogP contribution in [0.25, 0.3) is 6.08 Å². The molecule has 1 aliphatic heterocycles. The van der Waals surface area contributed by atoms with E-state index in [1.54, 1.807) is 37.3 Å². The summed E-state index contributed by atoms with van der Waals surface area (Å²) in [7, 11) is 0. The van der Waals surface area contributed by atoms with E-state index in [9.17, 15) is 9.59 Å². The lowest BCUT2D eigenvalue weighted by Crippen LogP contribution is -2.11. The van der Waals surface area contributed by atoms with Crippen molar-refractivity contribution in [3.63, 3.8) is 0 Å². The van der Waals surface area contributed by atoms with Gasteiger partial charge in [0.15, 0.2) is 5.76 Å². The van der Waals surface area contributed by atoms with Crippen LogP contribution in [0.1, 0.15) is 37.4 Å². The first-order valence-corrected chi connectivity index (χ1v) is 9.84. The van der Waals surface area contributed by atoms with Gasteiger partial charge in [0.2, 0.25) is 5.78 Å². The molecule has 3 aromatic rings. The van der Waals surface area contributed by atoms with Crippen molar-refractivity contribution < 1.29 is 19.1 Å². The highest BCUT2D eigenvalue weighted by Crippen LogP contribution is 2.39. The third-order valence-corrected chi connectivity index (χ3v) is 5.30. The quantitative estimate of drug-likeness (QED) is 0.284. The largest absolute Gasteiger partial charge is 0.452 e.